The molecule has 184 valence electrons. The van der Waals surface area contributed by atoms with Gasteiger partial charge in [-0.2, -0.15) is 0 Å². The highest BCUT2D eigenvalue weighted by molar-refractivity contribution is 6.29. The van der Waals surface area contributed by atoms with E-state index in [4.69, 9.17) is 4.74 Å². The number of benzene rings is 3. The van der Waals surface area contributed by atoms with Gasteiger partial charge in [0.1, 0.15) is 5.75 Å². The molecule has 3 N–H and O–H groups in total. The number of carboxylic acid groups (broad SMARTS) is 1. The number of carbonyl (C=O) groups excluding carboxylic acids is 1. The number of para-hydroxylation sites is 1. The van der Waals surface area contributed by atoms with Crippen molar-refractivity contribution in [1.82, 2.24) is 14.9 Å². The first-order chi connectivity index (χ1) is 17.9. The summed E-state index contributed by atoms with van der Waals surface area (Å²) < 4.78 is 7.45. The predicted molar refractivity (Wildman–Crippen MR) is 140 cm³/mol. The average molecular weight is 493 g/mol. The minimum absolute atomic E-state index is 0.427. The van der Waals surface area contributed by atoms with Gasteiger partial charge in [-0.05, 0) is 42.2 Å². The molecule has 0 radical (unpaired) electrons. The zero-order valence-electron chi connectivity index (χ0n) is 20.1. The molecule has 0 saturated heterocycles. The lowest BCUT2D eigenvalue weighted by atomic mass is 9.97. The molecule has 1 saturated carbocycles. The second kappa shape index (κ2) is 8.67. The van der Waals surface area contributed by atoms with E-state index in [0.717, 1.165) is 46.5 Å². The first-order valence-corrected chi connectivity index (χ1v) is 12.0. The molecule has 4 aromatic rings. The van der Waals surface area contributed by atoms with Crippen LogP contribution in [-0.2, 0) is 17.4 Å². The fourth-order valence-electron chi connectivity index (χ4n) is 4.74. The minimum atomic E-state index is -1.04. The molecule has 0 atom stereocenters. The summed E-state index contributed by atoms with van der Waals surface area (Å²) in [6, 6.07) is 22.8. The Kier molecular flexibility index (Phi) is 5.30. The van der Waals surface area contributed by atoms with Crippen LogP contribution in [0.3, 0.4) is 0 Å². The van der Waals surface area contributed by atoms with Crippen molar-refractivity contribution in [3.05, 3.63) is 102 Å². The van der Waals surface area contributed by atoms with E-state index in [2.05, 4.69) is 15.6 Å². The first kappa shape index (κ1) is 22.6. The van der Waals surface area contributed by atoms with Crippen molar-refractivity contribution in [2.45, 2.75) is 18.4 Å². The standard InChI is InChI=1S/C29H24N4O4/c1-33-16-23(30-17-33)18-8-12-21(13-9-18)31-26(25-22-4-2-3-5-24(22)37-27(25)34)19-6-10-20(11-7-19)29(14-15-29)32-28(35)36/h2-13,16-17,31-32H,14-15H2,1H3,(H,35,36)/b26-25-. The quantitative estimate of drug-likeness (QED) is 0.193. The second-order valence-electron chi connectivity index (χ2n) is 9.35. The van der Waals surface area contributed by atoms with Gasteiger partial charge in [0.25, 0.3) is 0 Å². The van der Waals surface area contributed by atoms with Crippen LogP contribution in [0.5, 0.6) is 5.75 Å². The molecule has 1 amide bonds. The monoisotopic (exact) mass is 492 g/mol. The summed E-state index contributed by atoms with van der Waals surface area (Å²) in [5.74, 6) is 0.0931. The fraction of sp³-hybridized carbons (Fsp3) is 0.138. The summed E-state index contributed by atoms with van der Waals surface area (Å²) >= 11 is 0. The number of hydrogen-bond donors (Lipinski definition) is 3. The zero-order valence-corrected chi connectivity index (χ0v) is 20.1. The number of rotatable bonds is 6. The Morgan fingerprint density at radius 3 is 2.41 bits per heavy atom. The predicted octanol–water partition coefficient (Wildman–Crippen LogP) is 5.24. The van der Waals surface area contributed by atoms with E-state index in [-0.39, 0.29) is 0 Å². The molecular weight excluding hydrogens is 468 g/mol. The summed E-state index contributed by atoms with van der Waals surface area (Å²) in [7, 11) is 1.93. The van der Waals surface area contributed by atoms with E-state index in [1.165, 1.54) is 0 Å². The van der Waals surface area contributed by atoms with Gasteiger partial charge in [-0.3, -0.25) is 0 Å². The number of aromatic nitrogens is 2. The van der Waals surface area contributed by atoms with Crippen molar-refractivity contribution >= 4 is 29.0 Å². The van der Waals surface area contributed by atoms with Gasteiger partial charge in [-0.25, -0.2) is 14.6 Å². The fourth-order valence-corrected chi connectivity index (χ4v) is 4.74. The van der Waals surface area contributed by atoms with Crippen molar-refractivity contribution in [3.8, 4) is 17.0 Å². The summed E-state index contributed by atoms with van der Waals surface area (Å²) in [6.45, 7) is 0. The van der Waals surface area contributed by atoms with Crippen LogP contribution in [-0.4, -0.2) is 26.7 Å². The molecule has 8 nitrogen and oxygen atoms in total. The Morgan fingerprint density at radius 1 is 1.03 bits per heavy atom. The van der Waals surface area contributed by atoms with Crippen LogP contribution in [0, 0.1) is 0 Å². The van der Waals surface area contributed by atoms with Crippen LogP contribution < -0.4 is 15.4 Å². The minimum Gasteiger partial charge on any atom is -0.465 e. The topological polar surface area (TPSA) is 105 Å². The van der Waals surface area contributed by atoms with Gasteiger partial charge in [0.05, 0.1) is 28.8 Å². The number of imidazole rings is 1. The average Bonchev–Trinajstić information content (AvgIpc) is 3.40. The highest BCUT2D eigenvalue weighted by Gasteiger charge is 2.45. The number of aryl methyl sites for hydroxylation is 1. The summed E-state index contributed by atoms with van der Waals surface area (Å²) in [5.41, 5.74) is 5.58. The molecule has 1 aliphatic heterocycles. The van der Waals surface area contributed by atoms with E-state index >= 15 is 0 Å². The molecule has 6 rings (SSSR count). The third-order valence-electron chi connectivity index (χ3n) is 6.79. The van der Waals surface area contributed by atoms with Crippen LogP contribution in [0.1, 0.15) is 29.5 Å². The number of anilines is 1. The lowest BCUT2D eigenvalue weighted by Gasteiger charge is -2.18. The summed E-state index contributed by atoms with van der Waals surface area (Å²) in [4.78, 5) is 28.7. The molecule has 0 bridgehead atoms. The van der Waals surface area contributed by atoms with Gasteiger partial charge in [-0.15, -0.1) is 0 Å². The molecule has 2 heterocycles. The smallest absolute Gasteiger partial charge is 0.405 e. The van der Waals surface area contributed by atoms with Gasteiger partial charge in [0.15, 0.2) is 0 Å². The Balaban J connectivity index is 1.39. The maximum Gasteiger partial charge on any atom is 0.405 e. The van der Waals surface area contributed by atoms with Gasteiger partial charge < -0.3 is 25.0 Å². The third kappa shape index (κ3) is 4.23. The SMILES string of the molecule is Cn1cnc(-c2ccc(N/C(=C3\C(=O)Oc4ccccc43)c3ccc(C4(NC(=O)O)CC4)cc3)cc2)c1. The van der Waals surface area contributed by atoms with E-state index in [1.807, 2.05) is 84.5 Å². The van der Waals surface area contributed by atoms with Crippen LogP contribution in [0.4, 0.5) is 10.5 Å². The van der Waals surface area contributed by atoms with E-state index in [9.17, 15) is 14.7 Å². The van der Waals surface area contributed by atoms with Crippen molar-refractivity contribution in [3.63, 3.8) is 0 Å². The highest BCUT2D eigenvalue weighted by Crippen LogP contribution is 2.46. The molecule has 3 aromatic carbocycles. The summed E-state index contributed by atoms with van der Waals surface area (Å²) in [5, 5.41) is 15.3. The van der Waals surface area contributed by atoms with Gasteiger partial charge in [0.2, 0.25) is 0 Å². The van der Waals surface area contributed by atoms with E-state index < -0.39 is 17.6 Å². The van der Waals surface area contributed by atoms with Crippen LogP contribution in [0.2, 0.25) is 0 Å². The number of hydrogen-bond acceptors (Lipinski definition) is 5. The molecule has 0 unspecified atom stereocenters. The Morgan fingerprint density at radius 2 is 1.76 bits per heavy atom. The molecule has 37 heavy (non-hydrogen) atoms. The molecule has 1 fully saturated rings. The highest BCUT2D eigenvalue weighted by atomic mass is 16.5. The number of esters is 1. The number of nitrogens with one attached hydrogen (secondary N) is 2. The van der Waals surface area contributed by atoms with Crippen molar-refractivity contribution < 1.29 is 19.4 Å². The molecule has 8 heteroatoms. The maximum atomic E-state index is 13.0. The number of nitrogens with zero attached hydrogens (tertiary/aromatic N) is 2. The molecule has 1 aromatic heterocycles. The van der Waals surface area contributed by atoms with Crippen LogP contribution in [0.25, 0.3) is 22.5 Å². The molecule has 1 aliphatic carbocycles. The number of amides is 1. The largest absolute Gasteiger partial charge is 0.465 e. The molecule has 2 aliphatic rings. The van der Waals surface area contributed by atoms with Crippen molar-refractivity contribution in [2.75, 3.05) is 5.32 Å². The van der Waals surface area contributed by atoms with Crippen LogP contribution >= 0.6 is 0 Å². The lowest BCUT2D eigenvalue weighted by molar-refractivity contribution is -0.126. The van der Waals surface area contributed by atoms with Gasteiger partial charge in [0, 0.05) is 30.1 Å². The molecule has 0 spiro atoms. The Hall–Kier alpha value is -4.85. The van der Waals surface area contributed by atoms with Gasteiger partial charge >= 0.3 is 12.1 Å². The van der Waals surface area contributed by atoms with Crippen molar-refractivity contribution in [1.29, 1.82) is 0 Å². The van der Waals surface area contributed by atoms with Crippen molar-refractivity contribution in [2.24, 2.45) is 7.05 Å². The zero-order chi connectivity index (χ0) is 25.6. The normalized spacial score (nSPS) is 16.5. The number of ether oxygens (including phenoxy) is 1. The van der Waals surface area contributed by atoms with Crippen LogP contribution in [0.15, 0.2) is 85.3 Å². The first-order valence-electron chi connectivity index (χ1n) is 12.0. The molecular formula is C29H24N4O4. The Labute approximate surface area is 213 Å². The number of carbonyl (C=O) groups is 2. The lowest BCUT2D eigenvalue weighted by Crippen LogP contribution is -2.33. The van der Waals surface area contributed by atoms with E-state index in [0.29, 0.717) is 17.0 Å². The number of fused-ring (bicyclic) bond motifs is 1. The second-order valence-corrected chi connectivity index (χ2v) is 9.35. The van der Waals surface area contributed by atoms with Gasteiger partial charge in [-0.1, -0.05) is 54.6 Å². The summed E-state index contributed by atoms with van der Waals surface area (Å²) in [6.07, 6.45) is 4.19. The third-order valence-corrected chi connectivity index (χ3v) is 6.79. The Bertz CT molecular complexity index is 1550. The maximum absolute atomic E-state index is 13.0. The van der Waals surface area contributed by atoms with E-state index in [1.54, 1.807) is 12.4 Å².